The molecule has 2 aromatic heterocycles. The van der Waals surface area contributed by atoms with Crippen molar-refractivity contribution in [1.29, 1.82) is 0 Å². The number of hydrogen-bond donors (Lipinski definition) is 1. The normalized spacial score (nSPS) is 18.6. The molecule has 0 aromatic carbocycles. The molecule has 1 atom stereocenters. The number of aromatic nitrogens is 3. The average molecular weight is 420 g/mol. The van der Waals surface area contributed by atoms with Gasteiger partial charge in [0.15, 0.2) is 10.8 Å². The van der Waals surface area contributed by atoms with Crippen LogP contribution in [0.1, 0.15) is 18.5 Å². The van der Waals surface area contributed by atoms with Crippen molar-refractivity contribution < 1.29 is 4.79 Å². The highest BCUT2D eigenvalue weighted by molar-refractivity contribution is 14.1. The van der Waals surface area contributed by atoms with E-state index in [-0.39, 0.29) is 5.91 Å². The molecule has 6 nitrogen and oxygen atoms in total. The van der Waals surface area contributed by atoms with Crippen molar-refractivity contribution >= 4 is 51.4 Å². The Morgan fingerprint density at radius 2 is 2.38 bits per heavy atom. The number of imidazole rings is 1. The van der Waals surface area contributed by atoms with Crippen LogP contribution in [0.25, 0.3) is 5.65 Å². The fourth-order valence-electron chi connectivity index (χ4n) is 2.79. The van der Waals surface area contributed by atoms with Gasteiger partial charge in [0.2, 0.25) is 5.91 Å². The van der Waals surface area contributed by atoms with Gasteiger partial charge in [-0.3, -0.25) is 4.79 Å². The predicted molar refractivity (Wildman–Crippen MR) is 89.6 cm³/mol. The van der Waals surface area contributed by atoms with E-state index in [4.69, 9.17) is 17.3 Å². The lowest BCUT2D eigenvalue weighted by Gasteiger charge is -2.19. The van der Waals surface area contributed by atoms with Crippen LogP contribution < -0.4 is 10.6 Å². The highest BCUT2D eigenvalue weighted by Crippen LogP contribution is 2.31. The highest BCUT2D eigenvalue weighted by Gasteiger charge is 2.27. The quantitative estimate of drug-likeness (QED) is 0.772. The number of primary amides is 1. The smallest absolute Gasteiger partial charge is 0.217 e. The van der Waals surface area contributed by atoms with E-state index in [1.54, 1.807) is 4.52 Å². The van der Waals surface area contributed by atoms with Gasteiger partial charge in [-0.05, 0) is 41.9 Å². The predicted octanol–water partition coefficient (Wildman–Crippen LogP) is 2.00. The maximum atomic E-state index is 11.1. The minimum Gasteiger partial charge on any atom is -0.370 e. The van der Waals surface area contributed by atoms with Crippen LogP contribution in [0.15, 0.2) is 6.07 Å². The van der Waals surface area contributed by atoms with Gasteiger partial charge in [-0.15, -0.1) is 0 Å². The third-order valence-electron chi connectivity index (χ3n) is 3.76. The van der Waals surface area contributed by atoms with Crippen molar-refractivity contribution in [2.24, 2.45) is 11.7 Å². The number of aryl methyl sites for hydroxylation is 1. The number of fused-ring (bicyclic) bond motifs is 1. The Bertz CT molecular complexity index is 716. The van der Waals surface area contributed by atoms with E-state index in [9.17, 15) is 4.79 Å². The summed E-state index contributed by atoms with van der Waals surface area (Å²) in [7, 11) is 0. The molecule has 2 aromatic rings. The van der Waals surface area contributed by atoms with Crippen molar-refractivity contribution in [2.75, 3.05) is 18.0 Å². The first-order valence-electron chi connectivity index (χ1n) is 6.70. The van der Waals surface area contributed by atoms with Crippen LogP contribution in [-0.4, -0.2) is 33.6 Å². The summed E-state index contributed by atoms with van der Waals surface area (Å²) in [5.41, 5.74) is 7.99. The molecule has 1 unspecified atom stereocenters. The minimum absolute atomic E-state index is 0.244. The van der Waals surface area contributed by atoms with Crippen LogP contribution in [-0.2, 0) is 4.79 Å². The van der Waals surface area contributed by atoms with Crippen molar-refractivity contribution in [3.8, 4) is 0 Å². The zero-order valence-electron chi connectivity index (χ0n) is 11.5. The molecule has 1 fully saturated rings. The maximum absolute atomic E-state index is 11.1. The van der Waals surface area contributed by atoms with Gasteiger partial charge in [-0.25, -0.2) is 9.50 Å². The molecule has 3 rings (SSSR count). The fourth-order valence-corrected chi connectivity index (χ4v) is 3.43. The Balaban J connectivity index is 1.97. The molecule has 1 aliphatic rings. The molecule has 3 heterocycles. The lowest BCUT2D eigenvalue weighted by atomic mass is 10.1. The Hall–Kier alpha value is -1.09. The number of nitrogens with two attached hydrogens (primary N) is 1. The number of nitrogens with zero attached hydrogens (tertiary/aromatic N) is 4. The molecule has 8 heteroatoms. The molecule has 0 bridgehead atoms. The number of anilines is 1. The first kappa shape index (κ1) is 14.8. The number of amides is 1. The highest BCUT2D eigenvalue weighted by atomic mass is 127. The molecule has 0 aliphatic carbocycles. The summed E-state index contributed by atoms with van der Waals surface area (Å²) in [5, 5.41) is 4.74. The largest absolute Gasteiger partial charge is 0.370 e. The topological polar surface area (TPSA) is 76.5 Å². The van der Waals surface area contributed by atoms with E-state index >= 15 is 0 Å². The maximum Gasteiger partial charge on any atom is 0.217 e. The van der Waals surface area contributed by atoms with E-state index in [1.165, 1.54) is 0 Å². The van der Waals surface area contributed by atoms with Crippen LogP contribution in [0, 0.1) is 16.5 Å². The molecular weight excluding hydrogens is 405 g/mol. The third-order valence-corrected chi connectivity index (χ3v) is 5.18. The van der Waals surface area contributed by atoms with Crippen LogP contribution in [0.5, 0.6) is 0 Å². The number of carbonyl (C=O) groups is 1. The summed E-state index contributed by atoms with van der Waals surface area (Å²) < 4.78 is 2.73. The van der Waals surface area contributed by atoms with Crippen LogP contribution in [0.2, 0.25) is 5.15 Å². The van der Waals surface area contributed by atoms with E-state index < -0.39 is 0 Å². The second-order valence-electron chi connectivity index (χ2n) is 5.35. The molecule has 1 saturated heterocycles. The number of hydrogen-bond acceptors (Lipinski definition) is 4. The van der Waals surface area contributed by atoms with E-state index in [1.807, 2.05) is 13.0 Å². The zero-order chi connectivity index (χ0) is 15.1. The van der Waals surface area contributed by atoms with Crippen LogP contribution >= 0.6 is 34.2 Å². The standard InChI is InChI=1S/C13H15ClIN5O/c1-7-12(15)20-13(17-7)9(5-10(14)18-20)19-3-2-8(6-19)4-11(16)21/h5,8H,2-4,6H2,1H3,(H2,16,21). The summed E-state index contributed by atoms with van der Waals surface area (Å²) >= 11 is 8.35. The Kier molecular flexibility index (Phi) is 3.96. The first-order valence-corrected chi connectivity index (χ1v) is 8.16. The number of rotatable bonds is 3. The SMILES string of the molecule is Cc1nc2c(N3CCC(CC(N)=O)C3)cc(Cl)nn2c1I. The molecule has 1 amide bonds. The lowest BCUT2D eigenvalue weighted by molar-refractivity contribution is -0.118. The van der Waals surface area contributed by atoms with Gasteiger partial charge in [0, 0.05) is 25.6 Å². The molecule has 0 saturated carbocycles. The fraction of sp³-hybridized carbons (Fsp3) is 0.462. The second-order valence-corrected chi connectivity index (χ2v) is 6.76. The lowest BCUT2D eigenvalue weighted by Crippen LogP contribution is -2.23. The Morgan fingerprint density at radius 1 is 1.62 bits per heavy atom. The van der Waals surface area contributed by atoms with Gasteiger partial charge in [-0.2, -0.15) is 5.10 Å². The summed E-state index contributed by atoms with van der Waals surface area (Å²) in [5.74, 6) is 0.0515. The molecule has 112 valence electrons. The van der Waals surface area contributed by atoms with Crippen molar-refractivity contribution in [2.45, 2.75) is 19.8 Å². The summed E-state index contributed by atoms with van der Waals surface area (Å²) in [6, 6.07) is 1.84. The Morgan fingerprint density at radius 3 is 3.10 bits per heavy atom. The van der Waals surface area contributed by atoms with Gasteiger partial charge in [0.25, 0.3) is 0 Å². The van der Waals surface area contributed by atoms with Crippen molar-refractivity contribution in [3.05, 3.63) is 20.6 Å². The first-order chi connectivity index (χ1) is 9.95. The van der Waals surface area contributed by atoms with E-state index in [2.05, 4.69) is 37.6 Å². The third kappa shape index (κ3) is 2.80. The summed E-state index contributed by atoms with van der Waals surface area (Å²) in [6.45, 7) is 3.62. The van der Waals surface area contributed by atoms with Crippen molar-refractivity contribution in [1.82, 2.24) is 14.6 Å². The van der Waals surface area contributed by atoms with Gasteiger partial charge in [-0.1, -0.05) is 11.6 Å². The second kappa shape index (κ2) is 5.60. The molecule has 2 N–H and O–H groups in total. The van der Waals surface area contributed by atoms with Crippen LogP contribution in [0.4, 0.5) is 5.69 Å². The monoisotopic (exact) mass is 419 g/mol. The summed E-state index contributed by atoms with van der Waals surface area (Å²) in [6.07, 6.45) is 1.38. The van der Waals surface area contributed by atoms with Gasteiger partial charge >= 0.3 is 0 Å². The van der Waals surface area contributed by atoms with Crippen LogP contribution in [0.3, 0.4) is 0 Å². The Labute approximate surface area is 140 Å². The van der Waals surface area contributed by atoms with Gasteiger partial charge < -0.3 is 10.6 Å². The minimum atomic E-state index is -0.244. The molecular formula is C13H15ClIN5O. The van der Waals surface area contributed by atoms with Gasteiger partial charge in [0.05, 0.1) is 11.4 Å². The molecule has 0 spiro atoms. The number of carbonyl (C=O) groups excluding carboxylic acids is 1. The number of halogens is 2. The average Bonchev–Trinajstić information content (AvgIpc) is 2.96. The molecule has 0 radical (unpaired) electrons. The molecule has 1 aliphatic heterocycles. The van der Waals surface area contributed by atoms with Crippen molar-refractivity contribution in [3.63, 3.8) is 0 Å². The molecule has 21 heavy (non-hydrogen) atoms. The van der Waals surface area contributed by atoms with Gasteiger partial charge in [0.1, 0.15) is 3.70 Å². The van der Waals surface area contributed by atoms with E-state index in [0.717, 1.165) is 40.2 Å². The van der Waals surface area contributed by atoms with E-state index in [0.29, 0.717) is 17.5 Å². The summed E-state index contributed by atoms with van der Waals surface area (Å²) in [4.78, 5) is 17.9. The zero-order valence-corrected chi connectivity index (χ0v) is 14.4.